The van der Waals surface area contributed by atoms with Crippen molar-refractivity contribution in [3.63, 3.8) is 0 Å². The fourth-order valence-electron chi connectivity index (χ4n) is 1.77. The highest BCUT2D eigenvalue weighted by Crippen LogP contribution is 2.23. The van der Waals surface area contributed by atoms with Gasteiger partial charge in [0.1, 0.15) is 0 Å². The summed E-state index contributed by atoms with van der Waals surface area (Å²) in [5.41, 5.74) is 0. The van der Waals surface area contributed by atoms with E-state index >= 15 is 0 Å². The van der Waals surface area contributed by atoms with E-state index in [-0.39, 0.29) is 0 Å². The molecule has 9 heavy (non-hydrogen) atoms. The first-order chi connectivity index (χ1) is 4.45. The molecule has 1 aliphatic heterocycles. The molecule has 1 heterocycles. The number of rotatable bonds is 0. The average Bonchev–Trinajstić information content (AvgIpc) is 2.09. The van der Waals surface area contributed by atoms with E-state index < -0.39 is 0 Å². The van der Waals surface area contributed by atoms with Crippen LogP contribution in [0.25, 0.3) is 0 Å². The first kappa shape index (κ1) is 5.69. The Bertz CT molecular complexity index is 93.1. The van der Waals surface area contributed by atoms with E-state index in [1.54, 1.807) is 0 Å². The fraction of sp³-hybridized carbons (Fsp3) is 1.00. The summed E-state index contributed by atoms with van der Waals surface area (Å²) in [5.74, 6) is 0. The van der Waals surface area contributed by atoms with Crippen molar-refractivity contribution in [3.05, 3.63) is 0 Å². The van der Waals surface area contributed by atoms with Gasteiger partial charge in [-0.2, -0.15) is 0 Å². The van der Waals surface area contributed by atoms with Crippen LogP contribution in [0.2, 0.25) is 0 Å². The summed E-state index contributed by atoms with van der Waals surface area (Å²) in [6, 6.07) is 0.775. The Morgan fingerprint density at radius 3 is 3.33 bits per heavy atom. The zero-order chi connectivity index (χ0) is 6.10. The second-order valence-electron chi connectivity index (χ2n) is 2.96. The standard InChI is InChI=1S/C7H13NO/c1-2-7-5-6(1)8-3-4-9-7/h6-8H,1-5H2. The maximum Gasteiger partial charge on any atom is 0.0594 e. The lowest BCUT2D eigenvalue weighted by atomic mass is 10.2. The molecule has 1 saturated carbocycles. The third-order valence-corrected chi connectivity index (χ3v) is 2.27. The maximum atomic E-state index is 5.53. The molecule has 2 bridgehead atoms. The second kappa shape index (κ2) is 2.27. The summed E-state index contributed by atoms with van der Waals surface area (Å²) in [6.45, 7) is 1.97. The molecule has 2 unspecified atom stereocenters. The maximum absolute atomic E-state index is 5.53. The molecule has 2 atom stereocenters. The highest BCUT2D eigenvalue weighted by Gasteiger charge is 2.26. The number of hydrogen-bond acceptors (Lipinski definition) is 2. The lowest BCUT2D eigenvalue weighted by molar-refractivity contribution is 0.0688. The van der Waals surface area contributed by atoms with Crippen molar-refractivity contribution in [2.24, 2.45) is 0 Å². The van der Waals surface area contributed by atoms with Crippen LogP contribution in [-0.2, 0) is 4.74 Å². The number of hydrogen-bond donors (Lipinski definition) is 1. The van der Waals surface area contributed by atoms with Gasteiger partial charge in [-0.25, -0.2) is 0 Å². The highest BCUT2D eigenvalue weighted by atomic mass is 16.5. The van der Waals surface area contributed by atoms with Crippen LogP contribution in [0.5, 0.6) is 0 Å². The molecule has 0 radical (unpaired) electrons. The number of fused-ring (bicyclic) bond motifs is 2. The zero-order valence-corrected chi connectivity index (χ0v) is 5.60. The summed E-state index contributed by atoms with van der Waals surface area (Å²) in [4.78, 5) is 0. The molecular formula is C7H13NO. The molecule has 1 saturated heterocycles. The zero-order valence-electron chi connectivity index (χ0n) is 5.60. The predicted octanol–water partition coefficient (Wildman–Crippen LogP) is 0.527. The quantitative estimate of drug-likeness (QED) is 0.512. The van der Waals surface area contributed by atoms with Crippen molar-refractivity contribution in [3.8, 4) is 0 Å². The average molecular weight is 127 g/mol. The van der Waals surface area contributed by atoms with Gasteiger partial charge in [0.25, 0.3) is 0 Å². The van der Waals surface area contributed by atoms with E-state index in [0.29, 0.717) is 6.10 Å². The molecule has 0 aromatic heterocycles. The lowest BCUT2D eigenvalue weighted by Crippen LogP contribution is -2.27. The Morgan fingerprint density at radius 1 is 1.33 bits per heavy atom. The van der Waals surface area contributed by atoms with Crippen LogP contribution in [0.4, 0.5) is 0 Å². The monoisotopic (exact) mass is 127 g/mol. The molecule has 1 aliphatic carbocycles. The number of nitrogens with one attached hydrogen (secondary N) is 1. The minimum atomic E-state index is 0.588. The predicted molar refractivity (Wildman–Crippen MR) is 35.4 cm³/mol. The Morgan fingerprint density at radius 2 is 2.33 bits per heavy atom. The molecule has 0 aromatic carbocycles. The topological polar surface area (TPSA) is 21.3 Å². The Hall–Kier alpha value is -0.0800. The van der Waals surface area contributed by atoms with Crippen molar-refractivity contribution in [1.82, 2.24) is 5.32 Å². The summed E-state index contributed by atoms with van der Waals surface area (Å²) in [5, 5.41) is 3.45. The van der Waals surface area contributed by atoms with Gasteiger partial charge in [0.15, 0.2) is 0 Å². The van der Waals surface area contributed by atoms with E-state index in [4.69, 9.17) is 4.74 Å². The van der Waals surface area contributed by atoms with E-state index in [1.165, 1.54) is 19.3 Å². The smallest absolute Gasteiger partial charge is 0.0594 e. The summed E-state index contributed by atoms with van der Waals surface area (Å²) < 4.78 is 5.53. The minimum absolute atomic E-state index is 0.588. The van der Waals surface area contributed by atoms with Gasteiger partial charge in [0.05, 0.1) is 12.7 Å². The van der Waals surface area contributed by atoms with Gasteiger partial charge < -0.3 is 10.1 Å². The van der Waals surface area contributed by atoms with Gasteiger partial charge >= 0.3 is 0 Å². The van der Waals surface area contributed by atoms with Crippen molar-refractivity contribution in [1.29, 1.82) is 0 Å². The SMILES string of the molecule is C1COC2CCC(C2)N1. The molecule has 52 valence electrons. The molecule has 2 fully saturated rings. The normalized spacial score (nSPS) is 42.7. The molecular weight excluding hydrogens is 114 g/mol. The van der Waals surface area contributed by atoms with Gasteiger partial charge in [-0.3, -0.25) is 0 Å². The second-order valence-corrected chi connectivity index (χ2v) is 2.96. The van der Waals surface area contributed by atoms with Crippen LogP contribution in [0.1, 0.15) is 19.3 Å². The van der Waals surface area contributed by atoms with Crippen LogP contribution < -0.4 is 5.32 Å². The van der Waals surface area contributed by atoms with Crippen LogP contribution in [-0.4, -0.2) is 25.3 Å². The summed E-state index contributed by atoms with van der Waals surface area (Å²) in [6.07, 6.45) is 4.44. The first-order valence-electron chi connectivity index (χ1n) is 3.80. The number of ether oxygens (including phenoxy) is 1. The van der Waals surface area contributed by atoms with Crippen molar-refractivity contribution in [2.45, 2.75) is 31.4 Å². The van der Waals surface area contributed by atoms with Crippen LogP contribution in [0.15, 0.2) is 0 Å². The fourth-order valence-corrected chi connectivity index (χ4v) is 1.77. The third kappa shape index (κ3) is 1.10. The summed E-state index contributed by atoms with van der Waals surface area (Å²) >= 11 is 0. The highest BCUT2D eigenvalue weighted by molar-refractivity contribution is 4.83. The molecule has 0 amide bonds. The summed E-state index contributed by atoms with van der Waals surface area (Å²) in [7, 11) is 0. The molecule has 2 rings (SSSR count). The molecule has 1 N–H and O–H groups in total. The van der Waals surface area contributed by atoms with Gasteiger partial charge in [-0.15, -0.1) is 0 Å². The van der Waals surface area contributed by atoms with Crippen LogP contribution in [0, 0.1) is 0 Å². The van der Waals surface area contributed by atoms with E-state index in [1.807, 2.05) is 0 Å². The Kier molecular flexibility index (Phi) is 1.44. The van der Waals surface area contributed by atoms with Gasteiger partial charge in [0, 0.05) is 12.6 Å². The minimum Gasteiger partial charge on any atom is -0.377 e. The van der Waals surface area contributed by atoms with Crippen LogP contribution >= 0.6 is 0 Å². The Balaban J connectivity index is 1.99. The van der Waals surface area contributed by atoms with Crippen molar-refractivity contribution < 1.29 is 4.74 Å². The van der Waals surface area contributed by atoms with E-state index in [9.17, 15) is 0 Å². The lowest BCUT2D eigenvalue weighted by Gasteiger charge is -2.09. The van der Waals surface area contributed by atoms with Gasteiger partial charge in [-0.05, 0) is 19.3 Å². The molecule has 0 aromatic rings. The largest absolute Gasteiger partial charge is 0.377 e. The molecule has 2 aliphatic rings. The van der Waals surface area contributed by atoms with Crippen molar-refractivity contribution >= 4 is 0 Å². The van der Waals surface area contributed by atoms with E-state index in [0.717, 1.165) is 19.2 Å². The van der Waals surface area contributed by atoms with Crippen molar-refractivity contribution in [2.75, 3.05) is 13.2 Å². The molecule has 2 nitrogen and oxygen atoms in total. The Labute approximate surface area is 55.6 Å². The molecule has 2 heteroatoms. The van der Waals surface area contributed by atoms with Gasteiger partial charge in [0.2, 0.25) is 0 Å². The van der Waals surface area contributed by atoms with Gasteiger partial charge in [-0.1, -0.05) is 0 Å². The molecule has 0 spiro atoms. The van der Waals surface area contributed by atoms with E-state index in [2.05, 4.69) is 5.32 Å². The third-order valence-electron chi connectivity index (χ3n) is 2.27. The first-order valence-corrected chi connectivity index (χ1v) is 3.80. The van der Waals surface area contributed by atoms with Crippen LogP contribution in [0.3, 0.4) is 0 Å².